The van der Waals surface area contributed by atoms with E-state index in [1.807, 2.05) is 12.1 Å². The van der Waals surface area contributed by atoms with Crippen molar-refractivity contribution in [2.45, 2.75) is 51.9 Å². The van der Waals surface area contributed by atoms with Gasteiger partial charge in [-0.05, 0) is 53.3 Å². The van der Waals surface area contributed by atoms with Gasteiger partial charge in [0.1, 0.15) is 11.6 Å². The van der Waals surface area contributed by atoms with Crippen LogP contribution in [0.2, 0.25) is 0 Å². The minimum absolute atomic E-state index is 0.228. The second-order valence-corrected chi connectivity index (χ2v) is 8.32. The molecule has 1 aliphatic rings. The van der Waals surface area contributed by atoms with E-state index < -0.39 is 0 Å². The SMILES string of the molecule is CC[C@H]1CC[C@H](CCc2ccc3c(F)c(-c4ccc(F)cc4)ccc3c2)CC1. The average Bonchev–Trinajstić information content (AvgIpc) is 2.74. The minimum Gasteiger partial charge on any atom is -0.207 e. The Bertz CT molecular complexity index is 935. The van der Waals surface area contributed by atoms with Crippen molar-refractivity contribution in [1.29, 1.82) is 0 Å². The summed E-state index contributed by atoms with van der Waals surface area (Å²) in [5.74, 6) is 1.25. The molecule has 0 nitrogen and oxygen atoms in total. The Morgan fingerprint density at radius 3 is 2.25 bits per heavy atom. The molecule has 2 heteroatoms. The zero-order chi connectivity index (χ0) is 19.5. The van der Waals surface area contributed by atoms with Gasteiger partial charge in [-0.15, -0.1) is 0 Å². The third-order valence-corrected chi connectivity index (χ3v) is 6.56. The van der Waals surface area contributed by atoms with E-state index in [-0.39, 0.29) is 11.6 Å². The van der Waals surface area contributed by atoms with Gasteiger partial charge in [0, 0.05) is 10.9 Å². The van der Waals surface area contributed by atoms with Gasteiger partial charge in [0.15, 0.2) is 0 Å². The molecule has 0 spiro atoms. The molecule has 0 aliphatic heterocycles. The van der Waals surface area contributed by atoms with Crippen LogP contribution in [0.1, 0.15) is 51.0 Å². The Morgan fingerprint density at radius 2 is 1.54 bits per heavy atom. The van der Waals surface area contributed by atoms with Crippen molar-refractivity contribution in [2.24, 2.45) is 11.8 Å². The van der Waals surface area contributed by atoms with E-state index in [9.17, 15) is 4.39 Å². The molecule has 1 fully saturated rings. The Balaban J connectivity index is 1.49. The van der Waals surface area contributed by atoms with Gasteiger partial charge in [-0.3, -0.25) is 0 Å². The number of hydrogen-bond donors (Lipinski definition) is 0. The van der Waals surface area contributed by atoms with E-state index in [0.29, 0.717) is 16.5 Å². The molecule has 0 aromatic heterocycles. The summed E-state index contributed by atoms with van der Waals surface area (Å²) in [5, 5.41) is 1.57. The molecule has 0 saturated heterocycles. The first-order valence-corrected chi connectivity index (χ1v) is 10.6. The second kappa shape index (κ2) is 8.43. The van der Waals surface area contributed by atoms with Crippen LogP contribution in [0.25, 0.3) is 21.9 Å². The zero-order valence-corrected chi connectivity index (χ0v) is 16.6. The lowest BCUT2D eigenvalue weighted by Crippen LogP contribution is -2.14. The third kappa shape index (κ3) is 4.11. The summed E-state index contributed by atoms with van der Waals surface area (Å²) in [6, 6.07) is 15.9. The molecular formula is C26H28F2. The molecule has 146 valence electrons. The van der Waals surface area contributed by atoms with E-state index in [4.69, 9.17) is 0 Å². The van der Waals surface area contributed by atoms with Gasteiger partial charge in [-0.1, -0.05) is 81.5 Å². The molecule has 4 rings (SSSR count). The molecule has 28 heavy (non-hydrogen) atoms. The molecule has 0 radical (unpaired) electrons. The number of rotatable bonds is 5. The smallest absolute Gasteiger partial charge is 0.138 e. The van der Waals surface area contributed by atoms with E-state index >= 15 is 4.39 Å². The fourth-order valence-corrected chi connectivity index (χ4v) is 4.65. The fraction of sp³-hybridized carbons (Fsp3) is 0.385. The number of hydrogen-bond acceptors (Lipinski definition) is 0. The second-order valence-electron chi connectivity index (χ2n) is 8.32. The highest BCUT2D eigenvalue weighted by atomic mass is 19.1. The highest BCUT2D eigenvalue weighted by Gasteiger charge is 2.19. The van der Waals surface area contributed by atoms with Crippen LogP contribution >= 0.6 is 0 Å². The summed E-state index contributed by atoms with van der Waals surface area (Å²) in [6.07, 6.45) is 9.12. The van der Waals surface area contributed by atoms with Crippen molar-refractivity contribution in [3.8, 4) is 11.1 Å². The number of aryl methyl sites for hydroxylation is 1. The van der Waals surface area contributed by atoms with E-state index in [2.05, 4.69) is 19.1 Å². The van der Waals surface area contributed by atoms with Crippen molar-refractivity contribution in [1.82, 2.24) is 0 Å². The van der Waals surface area contributed by atoms with E-state index in [0.717, 1.165) is 23.6 Å². The van der Waals surface area contributed by atoms with Crippen LogP contribution in [-0.2, 0) is 6.42 Å². The quantitative estimate of drug-likeness (QED) is 0.423. The molecule has 0 bridgehead atoms. The molecule has 3 aromatic carbocycles. The van der Waals surface area contributed by atoms with Crippen LogP contribution in [0, 0.1) is 23.5 Å². The minimum atomic E-state index is -0.308. The molecular weight excluding hydrogens is 350 g/mol. The Hall–Kier alpha value is -2.22. The first-order valence-electron chi connectivity index (χ1n) is 10.6. The summed E-state index contributed by atoms with van der Waals surface area (Å²) >= 11 is 0. The van der Waals surface area contributed by atoms with Crippen molar-refractivity contribution < 1.29 is 8.78 Å². The molecule has 0 unspecified atom stereocenters. The summed E-state index contributed by atoms with van der Waals surface area (Å²) in [5.41, 5.74) is 2.51. The molecule has 0 heterocycles. The largest absolute Gasteiger partial charge is 0.207 e. The first kappa shape index (κ1) is 19.1. The molecule has 0 atom stereocenters. The summed E-state index contributed by atoms with van der Waals surface area (Å²) in [4.78, 5) is 0. The van der Waals surface area contributed by atoms with Gasteiger partial charge in [-0.25, -0.2) is 8.78 Å². The van der Waals surface area contributed by atoms with Gasteiger partial charge in [-0.2, -0.15) is 0 Å². The maximum Gasteiger partial charge on any atom is 0.138 e. The zero-order valence-electron chi connectivity index (χ0n) is 16.6. The molecule has 0 N–H and O–H groups in total. The lowest BCUT2D eigenvalue weighted by Gasteiger charge is -2.27. The monoisotopic (exact) mass is 378 g/mol. The average molecular weight is 379 g/mol. The van der Waals surface area contributed by atoms with Crippen molar-refractivity contribution in [3.63, 3.8) is 0 Å². The molecule has 1 aliphatic carbocycles. The number of fused-ring (bicyclic) bond motifs is 1. The summed E-state index contributed by atoms with van der Waals surface area (Å²) in [7, 11) is 0. The fourth-order valence-electron chi connectivity index (χ4n) is 4.65. The molecule has 1 saturated carbocycles. The van der Waals surface area contributed by atoms with Crippen LogP contribution in [0.15, 0.2) is 54.6 Å². The van der Waals surface area contributed by atoms with Gasteiger partial charge < -0.3 is 0 Å². The van der Waals surface area contributed by atoms with Gasteiger partial charge in [0.25, 0.3) is 0 Å². The van der Waals surface area contributed by atoms with Crippen LogP contribution < -0.4 is 0 Å². The summed E-state index contributed by atoms with van der Waals surface area (Å²) < 4.78 is 28.2. The van der Waals surface area contributed by atoms with Gasteiger partial charge in [0.05, 0.1) is 0 Å². The van der Waals surface area contributed by atoms with Crippen LogP contribution in [0.5, 0.6) is 0 Å². The predicted molar refractivity (Wildman–Crippen MR) is 113 cm³/mol. The topological polar surface area (TPSA) is 0 Å². The summed E-state index contributed by atoms with van der Waals surface area (Å²) in [6.45, 7) is 2.31. The molecule has 3 aromatic rings. The molecule has 0 amide bonds. The number of benzene rings is 3. The Kier molecular flexibility index (Phi) is 5.75. The van der Waals surface area contributed by atoms with Crippen molar-refractivity contribution >= 4 is 10.8 Å². The van der Waals surface area contributed by atoms with Gasteiger partial charge in [0.2, 0.25) is 0 Å². The Morgan fingerprint density at radius 1 is 0.821 bits per heavy atom. The van der Waals surface area contributed by atoms with Crippen molar-refractivity contribution in [3.05, 3.63) is 71.8 Å². The highest BCUT2D eigenvalue weighted by molar-refractivity contribution is 5.88. The standard InChI is InChI=1S/C26H28F2/c1-2-18-3-5-19(6-4-18)7-8-20-9-15-25-22(17-20)12-16-24(26(25)28)21-10-13-23(27)14-11-21/h9-19H,2-8H2,1H3/t18-,19-. The first-order chi connectivity index (χ1) is 13.6. The van der Waals surface area contributed by atoms with Crippen LogP contribution in [0.4, 0.5) is 8.78 Å². The Labute approximate surface area is 166 Å². The third-order valence-electron chi connectivity index (χ3n) is 6.56. The predicted octanol–water partition coefficient (Wildman–Crippen LogP) is 7.93. The van der Waals surface area contributed by atoms with Crippen LogP contribution in [0.3, 0.4) is 0 Å². The number of halogens is 2. The van der Waals surface area contributed by atoms with Crippen LogP contribution in [-0.4, -0.2) is 0 Å². The highest BCUT2D eigenvalue weighted by Crippen LogP contribution is 2.34. The maximum atomic E-state index is 15.0. The van der Waals surface area contributed by atoms with Gasteiger partial charge >= 0.3 is 0 Å². The van der Waals surface area contributed by atoms with Crippen molar-refractivity contribution in [2.75, 3.05) is 0 Å². The van der Waals surface area contributed by atoms with E-state index in [1.54, 1.807) is 18.2 Å². The lowest BCUT2D eigenvalue weighted by atomic mass is 9.78. The normalized spacial score (nSPS) is 19.8. The lowest BCUT2D eigenvalue weighted by molar-refractivity contribution is 0.259. The van der Waals surface area contributed by atoms with E-state index in [1.165, 1.54) is 56.2 Å². The maximum absolute atomic E-state index is 15.0.